The van der Waals surface area contributed by atoms with Crippen LogP contribution in [0.5, 0.6) is 0 Å². The summed E-state index contributed by atoms with van der Waals surface area (Å²) in [5, 5.41) is 3.35. The molecule has 0 spiro atoms. The van der Waals surface area contributed by atoms with Crippen LogP contribution in [0.2, 0.25) is 0 Å². The quantitative estimate of drug-likeness (QED) is 0.624. The third-order valence-corrected chi connectivity index (χ3v) is 2.64. The molecule has 1 aliphatic heterocycles. The predicted octanol–water partition coefficient (Wildman–Crippen LogP) is 0.742. The zero-order valence-electron chi connectivity index (χ0n) is 9.63. The normalized spacial score (nSPS) is 21.6. The van der Waals surface area contributed by atoms with Gasteiger partial charge < -0.3 is 15.1 Å². The molecule has 1 N–H and O–H groups in total. The zero-order chi connectivity index (χ0) is 10.8. The number of rotatable bonds is 0. The van der Waals surface area contributed by atoms with Crippen LogP contribution in [0.1, 0.15) is 20.3 Å². The van der Waals surface area contributed by atoms with Gasteiger partial charge in [0, 0.05) is 27.2 Å². The van der Waals surface area contributed by atoms with Crippen molar-refractivity contribution >= 4 is 6.03 Å². The molecule has 2 amide bonds. The van der Waals surface area contributed by atoms with Crippen LogP contribution in [0.3, 0.4) is 0 Å². The van der Waals surface area contributed by atoms with Crippen LogP contribution in [0.4, 0.5) is 4.79 Å². The molecule has 0 aliphatic carbocycles. The van der Waals surface area contributed by atoms with E-state index < -0.39 is 0 Å². The molecule has 0 saturated carbocycles. The number of urea groups is 1. The van der Waals surface area contributed by atoms with Crippen molar-refractivity contribution in [2.24, 2.45) is 0 Å². The van der Waals surface area contributed by atoms with Gasteiger partial charge in [0.15, 0.2) is 0 Å². The van der Waals surface area contributed by atoms with Gasteiger partial charge in [-0.3, -0.25) is 0 Å². The van der Waals surface area contributed by atoms with Gasteiger partial charge in [-0.15, -0.1) is 0 Å². The Morgan fingerprint density at radius 1 is 1.43 bits per heavy atom. The second-order valence-electron chi connectivity index (χ2n) is 4.67. The van der Waals surface area contributed by atoms with Crippen LogP contribution in [-0.4, -0.2) is 55.1 Å². The Labute approximate surface area is 86.2 Å². The smallest absolute Gasteiger partial charge is 0.319 e. The number of carbonyl (C=O) groups excluding carboxylic acids is 1. The first-order valence-electron chi connectivity index (χ1n) is 5.15. The number of nitrogens with one attached hydrogen (secondary N) is 1. The minimum atomic E-state index is -0.0855. The summed E-state index contributed by atoms with van der Waals surface area (Å²) in [4.78, 5) is 15.5. The molecule has 4 nitrogen and oxygen atoms in total. The average molecular weight is 199 g/mol. The van der Waals surface area contributed by atoms with E-state index in [0.29, 0.717) is 0 Å². The maximum atomic E-state index is 11.9. The topological polar surface area (TPSA) is 35.6 Å². The van der Waals surface area contributed by atoms with Crippen LogP contribution >= 0.6 is 0 Å². The molecule has 1 saturated heterocycles. The van der Waals surface area contributed by atoms with Crippen molar-refractivity contribution in [3.63, 3.8) is 0 Å². The van der Waals surface area contributed by atoms with Crippen LogP contribution in [0.25, 0.3) is 0 Å². The fraction of sp³-hybridized carbons (Fsp3) is 0.900. The highest BCUT2D eigenvalue weighted by molar-refractivity contribution is 5.74. The van der Waals surface area contributed by atoms with Crippen molar-refractivity contribution in [1.82, 2.24) is 15.1 Å². The van der Waals surface area contributed by atoms with Crippen LogP contribution in [0, 0.1) is 0 Å². The molecular formula is C10H21N3O. The monoisotopic (exact) mass is 199 g/mol. The van der Waals surface area contributed by atoms with Gasteiger partial charge in [0.2, 0.25) is 0 Å². The van der Waals surface area contributed by atoms with Crippen molar-refractivity contribution < 1.29 is 4.79 Å². The van der Waals surface area contributed by atoms with Crippen molar-refractivity contribution in [2.45, 2.75) is 25.8 Å². The van der Waals surface area contributed by atoms with E-state index in [2.05, 4.69) is 19.2 Å². The van der Waals surface area contributed by atoms with E-state index in [1.807, 2.05) is 4.90 Å². The minimum Gasteiger partial charge on any atom is -0.331 e. The molecule has 1 fully saturated rings. The van der Waals surface area contributed by atoms with Gasteiger partial charge >= 0.3 is 6.03 Å². The van der Waals surface area contributed by atoms with Crippen molar-refractivity contribution in [3.05, 3.63) is 0 Å². The fourth-order valence-corrected chi connectivity index (χ4v) is 1.75. The number of amides is 2. The molecule has 0 radical (unpaired) electrons. The average Bonchev–Trinajstić information content (AvgIpc) is 2.24. The molecule has 14 heavy (non-hydrogen) atoms. The maximum Gasteiger partial charge on any atom is 0.319 e. The molecule has 0 unspecified atom stereocenters. The molecule has 0 aromatic rings. The van der Waals surface area contributed by atoms with Gasteiger partial charge in [0.1, 0.15) is 0 Å². The van der Waals surface area contributed by atoms with Gasteiger partial charge in [-0.05, 0) is 26.8 Å². The molecule has 82 valence electrons. The van der Waals surface area contributed by atoms with Gasteiger partial charge in [0.05, 0.1) is 5.54 Å². The second kappa shape index (κ2) is 4.17. The predicted molar refractivity (Wildman–Crippen MR) is 57.4 cm³/mol. The summed E-state index contributed by atoms with van der Waals surface area (Å²) < 4.78 is 0. The summed E-state index contributed by atoms with van der Waals surface area (Å²) in [6.45, 7) is 6.92. The highest BCUT2D eigenvalue weighted by Gasteiger charge is 2.32. The van der Waals surface area contributed by atoms with E-state index in [9.17, 15) is 4.79 Å². The highest BCUT2D eigenvalue weighted by atomic mass is 16.2. The molecular weight excluding hydrogens is 178 g/mol. The van der Waals surface area contributed by atoms with E-state index in [-0.39, 0.29) is 11.6 Å². The Morgan fingerprint density at radius 2 is 2.07 bits per heavy atom. The van der Waals surface area contributed by atoms with E-state index in [0.717, 1.165) is 26.1 Å². The Bertz CT molecular complexity index is 213. The van der Waals surface area contributed by atoms with Gasteiger partial charge in [0.25, 0.3) is 0 Å². The third-order valence-electron chi connectivity index (χ3n) is 2.64. The Kier molecular flexibility index (Phi) is 3.37. The van der Waals surface area contributed by atoms with Crippen molar-refractivity contribution in [1.29, 1.82) is 0 Å². The minimum absolute atomic E-state index is 0.0855. The lowest BCUT2D eigenvalue weighted by molar-refractivity contribution is 0.121. The lowest BCUT2D eigenvalue weighted by atomic mass is 10.0. The molecule has 0 bridgehead atoms. The fourth-order valence-electron chi connectivity index (χ4n) is 1.75. The molecule has 1 rings (SSSR count). The molecule has 0 atom stereocenters. The maximum absolute atomic E-state index is 11.9. The number of nitrogens with zero attached hydrogens (tertiary/aromatic N) is 2. The van der Waals surface area contributed by atoms with Gasteiger partial charge in [-0.1, -0.05) is 0 Å². The van der Waals surface area contributed by atoms with Gasteiger partial charge in [-0.25, -0.2) is 4.79 Å². The molecule has 0 aromatic carbocycles. The van der Waals surface area contributed by atoms with E-state index in [4.69, 9.17) is 0 Å². The molecule has 4 heteroatoms. The molecule has 0 aromatic heterocycles. The first-order valence-corrected chi connectivity index (χ1v) is 5.15. The Hall–Kier alpha value is -0.770. The largest absolute Gasteiger partial charge is 0.331 e. The highest BCUT2D eigenvalue weighted by Crippen LogP contribution is 2.17. The number of hydrogen-bond donors (Lipinski definition) is 1. The molecule has 1 aliphatic rings. The molecule has 1 heterocycles. The summed E-state index contributed by atoms with van der Waals surface area (Å²) in [5.74, 6) is 0. The van der Waals surface area contributed by atoms with E-state index in [1.165, 1.54) is 0 Å². The van der Waals surface area contributed by atoms with E-state index >= 15 is 0 Å². The summed E-state index contributed by atoms with van der Waals surface area (Å²) in [7, 11) is 3.60. The van der Waals surface area contributed by atoms with E-state index in [1.54, 1.807) is 19.0 Å². The summed E-state index contributed by atoms with van der Waals surface area (Å²) in [6.07, 6.45) is 1.03. The summed E-state index contributed by atoms with van der Waals surface area (Å²) in [5.41, 5.74) is -0.0855. The first-order chi connectivity index (χ1) is 6.45. The third kappa shape index (κ3) is 2.38. The van der Waals surface area contributed by atoms with Crippen LogP contribution < -0.4 is 5.32 Å². The van der Waals surface area contributed by atoms with Crippen LogP contribution in [-0.2, 0) is 0 Å². The zero-order valence-corrected chi connectivity index (χ0v) is 9.63. The summed E-state index contributed by atoms with van der Waals surface area (Å²) in [6, 6.07) is 0.110. The second-order valence-corrected chi connectivity index (χ2v) is 4.67. The lowest BCUT2D eigenvalue weighted by Crippen LogP contribution is -2.54. The van der Waals surface area contributed by atoms with Crippen LogP contribution in [0.15, 0.2) is 0 Å². The Morgan fingerprint density at radius 3 is 2.64 bits per heavy atom. The number of hydrogen-bond acceptors (Lipinski definition) is 2. The van der Waals surface area contributed by atoms with Crippen molar-refractivity contribution in [2.75, 3.05) is 33.7 Å². The lowest BCUT2D eigenvalue weighted by Gasteiger charge is -2.38. The Balaban J connectivity index is 2.76. The standard InChI is InChI=1S/C10H21N3O/c1-10(2)8-11-6-5-7-13(10)9(14)12(3)4/h11H,5-8H2,1-4H3. The van der Waals surface area contributed by atoms with Crippen molar-refractivity contribution in [3.8, 4) is 0 Å². The summed E-state index contributed by atoms with van der Waals surface area (Å²) >= 11 is 0. The first kappa shape index (κ1) is 11.3. The SMILES string of the molecule is CN(C)C(=O)N1CCCNCC1(C)C. The number of carbonyl (C=O) groups is 1. The van der Waals surface area contributed by atoms with Gasteiger partial charge in [-0.2, -0.15) is 0 Å².